The molecule has 0 bridgehead atoms. The molecule has 120 valence electrons. The number of hydrogen-bond acceptors (Lipinski definition) is 6. The van der Waals surface area contributed by atoms with Crippen molar-refractivity contribution >= 4 is 11.7 Å². The molecule has 0 spiro atoms. The van der Waals surface area contributed by atoms with Crippen LogP contribution in [0.2, 0.25) is 0 Å². The van der Waals surface area contributed by atoms with Crippen LogP contribution >= 0.6 is 0 Å². The van der Waals surface area contributed by atoms with Gasteiger partial charge in [-0.2, -0.15) is 0 Å². The molecule has 3 heterocycles. The molecule has 0 aromatic carbocycles. The van der Waals surface area contributed by atoms with E-state index in [0.717, 1.165) is 18.8 Å². The third-order valence-electron chi connectivity index (χ3n) is 4.13. The monoisotopic (exact) mass is 306 g/mol. The standard InChI is InChI=1S/C15H22N4O3/c1-9(2)18-15(20)12-6-10-11(22-12)4-5-19(10)13-7-14(21-3)17-8-16-13/h7-12H,4-6H2,1-3H3,(H,18,20)/t10?,11?,12-/m1/s1. The molecule has 0 radical (unpaired) electrons. The predicted molar refractivity (Wildman–Crippen MR) is 80.9 cm³/mol. The quantitative estimate of drug-likeness (QED) is 0.884. The molecule has 2 aliphatic rings. The van der Waals surface area contributed by atoms with E-state index in [1.165, 1.54) is 6.33 Å². The molecule has 2 unspecified atom stereocenters. The van der Waals surface area contributed by atoms with Crippen molar-refractivity contribution in [3.63, 3.8) is 0 Å². The smallest absolute Gasteiger partial charge is 0.249 e. The van der Waals surface area contributed by atoms with Crippen molar-refractivity contribution in [3.05, 3.63) is 12.4 Å². The molecule has 7 nitrogen and oxygen atoms in total. The highest BCUT2D eigenvalue weighted by Gasteiger charge is 2.46. The number of rotatable bonds is 4. The molecule has 7 heteroatoms. The van der Waals surface area contributed by atoms with Crippen molar-refractivity contribution < 1.29 is 14.3 Å². The summed E-state index contributed by atoms with van der Waals surface area (Å²) in [6, 6.07) is 2.13. The van der Waals surface area contributed by atoms with E-state index >= 15 is 0 Å². The summed E-state index contributed by atoms with van der Waals surface area (Å²) in [7, 11) is 1.59. The fourth-order valence-corrected chi connectivity index (χ4v) is 3.18. The van der Waals surface area contributed by atoms with Crippen LogP contribution in [0.1, 0.15) is 26.7 Å². The number of ether oxygens (including phenoxy) is 2. The lowest BCUT2D eigenvalue weighted by atomic mass is 10.1. The number of amides is 1. The number of aromatic nitrogens is 2. The Hall–Kier alpha value is -1.89. The van der Waals surface area contributed by atoms with Crippen LogP contribution in [0, 0.1) is 0 Å². The summed E-state index contributed by atoms with van der Waals surface area (Å²) in [6.07, 6.45) is 2.81. The van der Waals surface area contributed by atoms with Crippen LogP contribution in [0.15, 0.2) is 12.4 Å². The Bertz CT molecular complexity index is 551. The Morgan fingerprint density at radius 1 is 1.50 bits per heavy atom. The van der Waals surface area contributed by atoms with Gasteiger partial charge in [-0.1, -0.05) is 0 Å². The summed E-state index contributed by atoms with van der Waals surface area (Å²) in [5.41, 5.74) is 0. The average molecular weight is 306 g/mol. The Balaban J connectivity index is 1.71. The van der Waals surface area contributed by atoms with Crippen molar-refractivity contribution in [3.8, 4) is 5.88 Å². The van der Waals surface area contributed by atoms with Crippen LogP contribution in [0.3, 0.4) is 0 Å². The maximum Gasteiger partial charge on any atom is 0.249 e. The number of hydrogen-bond donors (Lipinski definition) is 1. The van der Waals surface area contributed by atoms with Gasteiger partial charge >= 0.3 is 0 Å². The first-order valence-corrected chi connectivity index (χ1v) is 7.67. The first-order chi connectivity index (χ1) is 10.6. The van der Waals surface area contributed by atoms with Crippen LogP contribution < -0.4 is 15.0 Å². The molecule has 22 heavy (non-hydrogen) atoms. The van der Waals surface area contributed by atoms with Gasteiger partial charge in [0.25, 0.3) is 0 Å². The lowest BCUT2D eigenvalue weighted by Gasteiger charge is -2.24. The van der Waals surface area contributed by atoms with Gasteiger partial charge in [0.15, 0.2) is 0 Å². The summed E-state index contributed by atoms with van der Waals surface area (Å²) < 4.78 is 11.1. The topological polar surface area (TPSA) is 76.6 Å². The zero-order chi connectivity index (χ0) is 15.7. The zero-order valence-electron chi connectivity index (χ0n) is 13.2. The number of carbonyl (C=O) groups is 1. The van der Waals surface area contributed by atoms with Crippen LogP contribution in [0.4, 0.5) is 5.82 Å². The Morgan fingerprint density at radius 2 is 2.32 bits per heavy atom. The van der Waals surface area contributed by atoms with Gasteiger partial charge in [-0.05, 0) is 20.3 Å². The molecule has 0 saturated carbocycles. The number of nitrogens with one attached hydrogen (secondary N) is 1. The minimum atomic E-state index is -0.371. The highest BCUT2D eigenvalue weighted by atomic mass is 16.5. The van der Waals surface area contributed by atoms with E-state index in [-0.39, 0.29) is 30.2 Å². The van der Waals surface area contributed by atoms with E-state index < -0.39 is 0 Å². The predicted octanol–water partition coefficient (Wildman–Crippen LogP) is 0.746. The van der Waals surface area contributed by atoms with Crippen LogP contribution in [0.5, 0.6) is 5.88 Å². The molecule has 2 saturated heterocycles. The molecule has 3 atom stereocenters. The van der Waals surface area contributed by atoms with Gasteiger partial charge in [0.1, 0.15) is 18.2 Å². The third kappa shape index (κ3) is 2.85. The first-order valence-electron chi connectivity index (χ1n) is 7.67. The number of fused-ring (bicyclic) bond motifs is 1. The van der Waals surface area contributed by atoms with E-state index in [0.29, 0.717) is 12.3 Å². The largest absolute Gasteiger partial charge is 0.481 e. The van der Waals surface area contributed by atoms with Crippen molar-refractivity contribution in [1.29, 1.82) is 0 Å². The molecule has 2 aliphatic heterocycles. The molecule has 2 fully saturated rings. The van der Waals surface area contributed by atoms with Crippen molar-refractivity contribution in [1.82, 2.24) is 15.3 Å². The van der Waals surface area contributed by atoms with E-state index in [1.807, 2.05) is 19.9 Å². The van der Waals surface area contributed by atoms with Gasteiger partial charge in [-0.25, -0.2) is 9.97 Å². The van der Waals surface area contributed by atoms with E-state index in [1.54, 1.807) is 7.11 Å². The second-order valence-corrected chi connectivity index (χ2v) is 6.03. The van der Waals surface area contributed by atoms with Crippen LogP contribution in [-0.4, -0.2) is 53.8 Å². The Morgan fingerprint density at radius 3 is 3.05 bits per heavy atom. The molecule has 1 aromatic heterocycles. The third-order valence-corrected chi connectivity index (χ3v) is 4.13. The van der Waals surface area contributed by atoms with Crippen molar-refractivity contribution in [2.24, 2.45) is 0 Å². The van der Waals surface area contributed by atoms with Crippen LogP contribution in [-0.2, 0) is 9.53 Å². The summed E-state index contributed by atoms with van der Waals surface area (Å²) in [5, 5.41) is 2.92. The van der Waals surface area contributed by atoms with Gasteiger partial charge in [-0.15, -0.1) is 0 Å². The minimum absolute atomic E-state index is 0.0235. The second-order valence-electron chi connectivity index (χ2n) is 6.03. The van der Waals surface area contributed by atoms with Gasteiger partial charge in [0.05, 0.1) is 19.3 Å². The molecule has 1 N–H and O–H groups in total. The Kier molecular flexibility index (Phi) is 4.15. The summed E-state index contributed by atoms with van der Waals surface area (Å²) in [4.78, 5) is 22.7. The van der Waals surface area contributed by atoms with Crippen molar-refractivity contribution in [2.75, 3.05) is 18.6 Å². The molecule has 3 rings (SSSR count). The summed E-state index contributed by atoms with van der Waals surface area (Å²) in [5.74, 6) is 1.35. The fourth-order valence-electron chi connectivity index (χ4n) is 3.18. The first kappa shape index (κ1) is 15.0. The van der Waals surface area contributed by atoms with E-state index in [2.05, 4.69) is 20.2 Å². The highest BCUT2D eigenvalue weighted by molar-refractivity contribution is 5.81. The zero-order valence-corrected chi connectivity index (χ0v) is 13.2. The molecule has 1 amide bonds. The second kappa shape index (κ2) is 6.08. The average Bonchev–Trinajstić information content (AvgIpc) is 3.06. The molecular weight excluding hydrogens is 284 g/mol. The van der Waals surface area contributed by atoms with Gasteiger partial charge in [0.2, 0.25) is 11.8 Å². The minimum Gasteiger partial charge on any atom is -0.481 e. The van der Waals surface area contributed by atoms with Gasteiger partial charge in [0, 0.05) is 25.1 Å². The van der Waals surface area contributed by atoms with Crippen molar-refractivity contribution in [2.45, 2.75) is 51.0 Å². The number of carbonyl (C=O) groups excluding carboxylic acids is 1. The lowest BCUT2D eigenvalue weighted by molar-refractivity contribution is -0.132. The molecular formula is C15H22N4O3. The molecule has 1 aromatic rings. The normalized spacial score (nSPS) is 27.1. The van der Waals surface area contributed by atoms with Gasteiger partial charge in [-0.3, -0.25) is 4.79 Å². The SMILES string of the molecule is COc1cc(N2CCC3O[C@@H](C(=O)NC(C)C)CC32)ncn1. The number of methoxy groups -OCH3 is 1. The maximum absolute atomic E-state index is 12.1. The summed E-state index contributed by atoms with van der Waals surface area (Å²) >= 11 is 0. The summed E-state index contributed by atoms with van der Waals surface area (Å²) in [6.45, 7) is 4.77. The Labute approximate surface area is 130 Å². The van der Waals surface area contributed by atoms with E-state index in [9.17, 15) is 4.79 Å². The lowest BCUT2D eigenvalue weighted by Crippen LogP contribution is -2.39. The highest BCUT2D eigenvalue weighted by Crippen LogP contribution is 2.35. The van der Waals surface area contributed by atoms with Gasteiger partial charge < -0.3 is 19.7 Å². The number of nitrogens with zero attached hydrogens (tertiary/aromatic N) is 3. The fraction of sp³-hybridized carbons (Fsp3) is 0.667. The molecule has 0 aliphatic carbocycles. The van der Waals surface area contributed by atoms with Crippen LogP contribution in [0.25, 0.3) is 0 Å². The maximum atomic E-state index is 12.1. The van der Waals surface area contributed by atoms with E-state index in [4.69, 9.17) is 9.47 Å². The number of anilines is 1.